The van der Waals surface area contributed by atoms with Gasteiger partial charge in [-0.2, -0.15) is 13.2 Å². The summed E-state index contributed by atoms with van der Waals surface area (Å²) >= 11 is 0. The number of alkyl halides is 3. The molecule has 6 nitrogen and oxygen atoms in total. The van der Waals surface area contributed by atoms with Crippen LogP contribution in [0.1, 0.15) is 17.5 Å². The molecule has 0 bridgehead atoms. The summed E-state index contributed by atoms with van der Waals surface area (Å²) in [7, 11) is 0. The predicted molar refractivity (Wildman–Crippen MR) is 113 cm³/mol. The molecule has 10 heteroatoms. The Morgan fingerprint density at radius 2 is 2.04 bits per heavy atom. The first-order valence-electron chi connectivity index (χ1n) is 8.96. The van der Waals surface area contributed by atoms with E-state index in [1.54, 1.807) is 25.1 Å². The van der Waals surface area contributed by atoms with Crippen LogP contribution in [0.15, 0.2) is 23.2 Å². The SMILES string of the molecule is Cc1ccc(CN=C(N)NCCCN2CCOCC2)c(OCC(F)(F)F)c1.I. The lowest BCUT2D eigenvalue weighted by Gasteiger charge is -2.26. The number of hydrogen-bond acceptors (Lipinski definition) is 4. The van der Waals surface area contributed by atoms with Crippen molar-refractivity contribution in [3.05, 3.63) is 29.3 Å². The van der Waals surface area contributed by atoms with Gasteiger partial charge in [0, 0.05) is 25.2 Å². The lowest BCUT2D eigenvalue weighted by molar-refractivity contribution is -0.153. The molecule has 1 aromatic rings. The molecule has 160 valence electrons. The number of ether oxygens (including phenoxy) is 2. The van der Waals surface area contributed by atoms with Crippen LogP contribution in [0.25, 0.3) is 0 Å². The van der Waals surface area contributed by atoms with Gasteiger partial charge in [-0.05, 0) is 31.5 Å². The summed E-state index contributed by atoms with van der Waals surface area (Å²) < 4.78 is 47.4. The molecule has 1 heterocycles. The number of morpholine rings is 1. The highest BCUT2D eigenvalue weighted by Gasteiger charge is 2.28. The molecular formula is C18H28F3IN4O2. The third-order valence-electron chi connectivity index (χ3n) is 4.09. The fourth-order valence-electron chi connectivity index (χ4n) is 2.66. The van der Waals surface area contributed by atoms with E-state index in [2.05, 4.69) is 15.2 Å². The molecule has 0 unspecified atom stereocenters. The zero-order valence-corrected chi connectivity index (χ0v) is 18.3. The van der Waals surface area contributed by atoms with Crippen LogP contribution in [-0.4, -0.2) is 63.0 Å². The van der Waals surface area contributed by atoms with Crippen LogP contribution in [0.2, 0.25) is 0 Å². The van der Waals surface area contributed by atoms with Crippen molar-refractivity contribution in [2.75, 3.05) is 46.0 Å². The second-order valence-electron chi connectivity index (χ2n) is 6.45. The van der Waals surface area contributed by atoms with Gasteiger partial charge in [-0.25, -0.2) is 4.99 Å². The summed E-state index contributed by atoms with van der Waals surface area (Å²) in [5, 5.41) is 3.03. The fraction of sp³-hybridized carbons (Fsp3) is 0.611. The van der Waals surface area contributed by atoms with E-state index in [9.17, 15) is 13.2 Å². The van der Waals surface area contributed by atoms with E-state index in [-0.39, 0.29) is 42.2 Å². The Bertz CT molecular complexity index is 623. The van der Waals surface area contributed by atoms with E-state index < -0.39 is 12.8 Å². The smallest absolute Gasteiger partial charge is 0.422 e. The van der Waals surface area contributed by atoms with Crippen molar-refractivity contribution in [3.8, 4) is 5.75 Å². The number of hydrogen-bond donors (Lipinski definition) is 2. The maximum atomic E-state index is 12.4. The summed E-state index contributed by atoms with van der Waals surface area (Å²) in [6, 6.07) is 5.08. The second kappa shape index (κ2) is 12.3. The first-order valence-corrected chi connectivity index (χ1v) is 8.96. The Hall–Kier alpha value is -1.27. The van der Waals surface area contributed by atoms with Gasteiger partial charge in [0.2, 0.25) is 0 Å². The third kappa shape index (κ3) is 9.78. The Balaban J connectivity index is 0.00000392. The zero-order valence-electron chi connectivity index (χ0n) is 15.9. The number of benzene rings is 1. The molecule has 28 heavy (non-hydrogen) atoms. The van der Waals surface area contributed by atoms with E-state index in [0.29, 0.717) is 12.1 Å². The number of guanidine groups is 1. The minimum Gasteiger partial charge on any atom is -0.484 e. The number of nitrogens with one attached hydrogen (secondary N) is 1. The molecule has 2 rings (SSSR count). The first-order chi connectivity index (χ1) is 12.8. The predicted octanol–water partition coefficient (Wildman–Crippen LogP) is 2.68. The standard InChI is InChI=1S/C18H27F3N4O2.HI/c1-14-3-4-15(16(11-14)27-13-18(19,20)21)12-24-17(22)23-5-2-6-25-7-9-26-10-8-25;/h3-4,11H,2,5-10,12-13H2,1H3,(H3,22,23,24);1H. The Morgan fingerprint density at radius 1 is 1.32 bits per heavy atom. The van der Waals surface area contributed by atoms with Gasteiger partial charge in [-0.1, -0.05) is 12.1 Å². The van der Waals surface area contributed by atoms with Crippen LogP contribution >= 0.6 is 24.0 Å². The summed E-state index contributed by atoms with van der Waals surface area (Å²) in [6.45, 7) is 5.67. The van der Waals surface area contributed by atoms with E-state index in [1.807, 2.05) is 0 Å². The molecule has 1 saturated heterocycles. The molecule has 0 aliphatic carbocycles. The van der Waals surface area contributed by atoms with Gasteiger partial charge < -0.3 is 20.5 Å². The van der Waals surface area contributed by atoms with Crippen molar-refractivity contribution in [3.63, 3.8) is 0 Å². The molecule has 0 atom stereocenters. The van der Waals surface area contributed by atoms with Crippen LogP contribution in [0.5, 0.6) is 5.75 Å². The summed E-state index contributed by atoms with van der Waals surface area (Å²) in [6.07, 6.45) is -3.47. The minimum absolute atomic E-state index is 0. The van der Waals surface area contributed by atoms with Crippen LogP contribution in [0, 0.1) is 6.92 Å². The molecular weight excluding hydrogens is 488 g/mol. The zero-order chi connectivity index (χ0) is 19.7. The van der Waals surface area contributed by atoms with E-state index in [1.165, 1.54) is 0 Å². The molecule has 0 amide bonds. The highest BCUT2D eigenvalue weighted by Crippen LogP contribution is 2.24. The Kier molecular flexibility index (Phi) is 10.9. The summed E-state index contributed by atoms with van der Waals surface area (Å²) in [5.41, 5.74) is 7.22. The van der Waals surface area contributed by atoms with Crippen LogP contribution in [0.3, 0.4) is 0 Å². The Morgan fingerprint density at radius 3 is 2.71 bits per heavy atom. The lowest BCUT2D eigenvalue weighted by Crippen LogP contribution is -2.39. The molecule has 1 aromatic carbocycles. The van der Waals surface area contributed by atoms with Crippen molar-refractivity contribution in [1.29, 1.82) is 0 Å². The van der Waals surface area contributed by atoms with Crippen molar-refractivity contribution in [2.24, 2.45) is 10.7 Å². The largest absolute Gasteiger partial charge is 0.484 e. The summed E-state index contributed by atoms with van der Waals surface area (Å²) in [4.78, 5) is 6.53. The molecule has 1 aliphatic heterocycles. The average molecular weight is 516 g/mol. The van der Waals surface area contributed by atoms with Gasteiger partial charge >= 0.3 is 6.18 Å². The molecule has 0 spiro atoms. The minimum atomic E-state index is -4.38. The number of aliphatic imine (C=N–C) groups is 1. The van der Waals surface area contributed by atoms with Gasteiger partial charge in [-0.15, -0.1) is 24.0 Å². The normalized spacial score (nSPS) is 15.8. The monoisotopic (exact) mass is 516 g/mol. The molecule has 0 saturated carbocycles. The maximum Gasteiger partial charge on any atom is 0.422 e. The van der Waals surface area contributed by atoms with Gasteiger partial charge in [0.25, 0.3) is 0 Å². The van der Waals surface area contributed by atoms with Crippen molar-refractivity contribution in [1.82, 2.24) is 10.2 Å². The number of rotatable bonds is 8. The number of aryl methyl sites for hydroxylation is 1. The maximum absolute atomic E-state index is 12.4. The van der Waals surface area contributed by atoms with Crippen LogP contribution in [0.4, 0.5) is 13.2 Å². The van der Waals surface area contributed by atoms with E-state index in [4.69, 9.17) is 15.2 Å². The van der Waals surface area contributed by atoms with Gasteiger partial charge in [-0.3, -0.25) is 4.90 Å². The molecule has 0 radical (unpaired) electrons. The molecule has 0 aromatic heterocycles. The van der Waals surface area contributed by atoms with Crippen LogP contribution < -0.4 is 15.8 Å². The van der Waals surface area contributed by atoms with E-state index in [0.717, 1.165) is 44.8 Å². The first kappa shape index (κ1) is 24.8. The van der Waals surface area contributed by atoms with Gasteiger partial charge in [0.1, 0.15) is 5.75 Å². The second-order valence-corrected chi connectivity index (χ2v) is 6.45. The molecule has 1 fully saturated rings. The molecule has 3 N–H and O–H groups in total. The van der Waals surface area contributed by atoms with Crippen molar-refractivity contribution >= 4 is 29.9 Å². The molecule has 1 aliphatic rings. The van der Waals surface area contributed by atoms with Crippen LogP contribution in [-0.2, 0) is 11.3 Å². The van der Waals surface area contributed by atoms with Gasteiger partial charge in [0.15, 0.2) is 12.6 Å². The highest BCUT2D eigenvalue weighted by molar-refractivity contribution is 14.0. The average Bonchev–Trinajstić information content (AvgIpc) is 2.63. The van der Waals surface area contributed by atoms with Gasteiger partial charge in [0.05, 0.1) is 19.8 Å². The lowest BCUT2D eigenvalue weighted by atomic mass is 10.1. The van der Waals surface area contributed by atoms with Crippen molar-refractivity contribution in [2.45, 2.75) is 26.1 Å². The highest BCUT2D eigenvalue weighted by atomic mass is 127. The Labute approximate surface area is 180 Å². The summed E-state index contributed by atoms with van der Waals surface area (Å²) in [5.74, 6) is 0.440. The fourth-order valence-corrected chi connectivity index (χ4v) is 2.66. The quantitative estimate of drug-likeness (QED) is 0.241. The number of halogens is 4. The number of nitrogens with zero attached hydrogens (tertiary/aromatic N) is 2. The number of nitrogens with two attached hydrogens (primary N) is 1. The van der Waals surface area contributed by atoms with E-state index >= 15 is 0 Å². The topological polar surface area (TPSA) is 72.1 Å². The third-order valence-corrected chi connectivity index (χ3v) is 4.09. The van der Waals surface area contributed by atoms with Crippen molar-refractivity contribution < 1.29 is 22.6 Å².